The fraction of sp³-hybridized carbons (Fsp3) is 0.400. The van der Waals surface area contributed by atoms with E-state index < -0.39 is 11.7 Å². The zero-order valence-electron chi connectivity index (χ0n) is 16.7. The third-order valence-corrected chi connectivity index (χ3v) is 3.95. The number of nitrogens with one attached hydrogen (secondary N) is 3. The quantitative estimate of drug-likeness (QED) is 0.675. The topological polar surface area (TPSA) is 85.9 Å². The fourth-order valence-corrected chi connectivity index (χ4v) is 2.91. The molecular formula is C20H25N5O3. The van der Waals surface area contributed by atoms with E-state index in [4.69, 9.17) is 4.74 Å². The van der Waals surface area contributed by atoms with E-state index in [-0.39, 0.29) is 11.9 Å². The Morgan fingerprint density at radius 1 is 1.36 bits per heavy atom. The molecule has 0 aliphatic carbocycles. The zero-order valence-corrected chi connectivity index (χ0v) is 16.7. The highest BCUT2D eigenvalue weighted by Crippen LogP contribution is 2.38. The van der Waals surface area contributed by atoms with Crippen LogP contribution in [0.4, 0.5) is 10.5 Å². The van der Waals surface area contributed by atoms with E-state index in [1.165, 1.54) is 5.12 Å². The highest BCUT2D eigenvalue weighted by Gasteiger charge is 2.33. The van der Waals surface area contributed by atoms with Gasteiger partial charge in [-0.2, -0.15) is 5.12 Å². The molecular weight excluding hydrogens is 358 g/mol. The Labute approximate surface area is 164 Å². The second-order valence-electron chi connectivity index (χ2n) is 7.87. The summed E-state index contributed by atoms with van der Waals surface area (Å²) in [6, 6.07) is 5.16. The van der Waals surface area contributed by atoms with Crippen LogP contribution in [0.3, 0.4) is 0 Å². The molecule has 0 fully saturated rings. The first-order valence-electron chi connectivity index (χ1n) is 8.98. The van der Waals surface area contributed by atoms with Gasteiger partial charge in [0, 0.05) is 16.8 Å². The number of carbonyl (C=O) groups excluding carboxylic acids is 2. The minimum Gasteiger partial charge on any atom is -0.443 e. The molecule has 8 heteroatoms. The van der Waals surface area contributed by atoms with Crippen molar-refractivity contribution in [2.24, 2.45) is 0 Å². The number of carbonyl (C=O) groups is 2. The van der Waals surface area contributed by atoms with E-state index in [0.29, 0.717) is 12.1 Å². The maximum absolute atomic E-state index is 12.7. The van der Waals surface area contributed by atoms with Gasteiger partial charge in [0.2, 0.25) is 0 Å². The molecule has 0 radical (unpaired) electrons. The van der Waals surface area contributed by atoms with Crippen LogP contribution in [-0.4, -0.2) is 54.3 Å². The van der Waals surface area contributed by atoms with Crippen molar-refractivity contribution in [2.45, 2.75) is 32.4 Å². The van der Waals surface area contributed by atoms with Crippen molar-refractivity contribution in [3.63, 3.8) is 0 Å². The Morgan fingerprint density at radius 2 is 2.11 bits per heavy atom. The van der Waals surface area contributed by atoms with E-state index in [9.17, 15) is 9.59 Å². The van der Waals surface area contributed by atoms with Crippen LogP contribution in [0, 0.1) is 11.8 Å². The van der Waals surface area contributed by atoms with E-state index in [1.807, 2.05) is 31.1 Å². The number of hydrogen-bond donors (Lipinski definition) is 3. The zero-order chi connectivity index (χ0) is 20.5. The van der Waals surface area contributed by atoms with Crippen LogP contribution in [0.5, 0.6) is 0 Å². The van der Waals surface area contributed by atoms with Crippen molar-refractivity contribution in [3.8, 4) is 11.8 Å². The summed E-state index contributed by atoms with van der Waals surface area (Å²) in [4.78, 5) is 26.8. The second kappa shape index (κ2) is 7.44. The molecule has 0 aromatic heterocycles. The molecule has 0 saturated carbocycles. The summed E-state index contributed by atoms with van der Waals surface area (Å²) >= 11 is 0. The third-order valence-electron chi connectivity index (χ3n) is 3.95. The normalized spacial score (nSPS) is 17.5. The van der Waals surface area contributed by atoms with Gasteiger partial charge in [-0.15, -0.1) is 0 Å². The van der Waals surface area contributed by atoms with E-state index >= 15 is 0 Å². The Hall–Kier alpha value is -3.18. The van der Waals surface area contributed by atoms with Crippen LogP contribution < -0.4 is 16.2 Å². The van der Waals surface area contributed by atoms with Crippen molar-refractivity contribution in [1.29, 1.82) is 0 Å². The van der Waals surface area contributed by atoms with Crippen LogP contribution in [0.25, 0.3) is 5.57 Å². The number of hydrazine groups is 2. The monoisotopic (exact) mass is 383 g/mol. The maximum Gasteiger partial charge on any atom is 0.428 e. The molecule has 1 aromatic carbocycles. The number of amides is 2. The third kappa shape index (κ3) is 4.38. The van der Waals surface area contributed by atoms with Gasteiger partial charge < -0.3 is 10.1 Å². The molecule has 2 amide bonds. The van der Waals surface area contributed by atoms with E-state index in [1.54, 1.807) is 33.0 Å². The summed E-state index contributed by atoms with van der Waals surface area (Å²) in [5.41, 5.74) is 7.49. The Balaban J connectivity index is 1.92. The molecule has 0 bridgehead atoms. The SMILES string of the molecule is CN(C)CC#CC1Nc2cccc3c2C1=CN(NC(=O)OC(C)(C)C)NC3=O. The summed E-state index contributed by atoms with van der Waals surface area (Å²) in [6.07, 6.45) is 0.989. The van der Waals surface area contributed by atoms with Gasteiger partial charge in [0.05, 0.1) is 18.3 Å². The highest BCUT2D eigenvalue weighted by atomic mass is 16.6. The number of hydrogen-bond acceptors (Lipinski definition) is 6. The Kier molecular flexibility index (Phi) is 5.21. The van der Waals surface area contributed by atoms with E-state index in [0.717, 1.165) is 16.8 Å². The fourth-order valence-electron chi connectivity index (χ4n) is 2.91. The molecule has 3 rings (SSSR count). The van der Waals surface area contributed by atoms with Crippen molar-refractivity contribution in [1.82, 2.24) is 20.9 Å². The number of benzene rings is 1. The van der Waals surface area contributed by atoms with Gasteiger partial charge in [0.15, 0.2) is 0 Å². The summed E-state index contributed by atoms with van der Waals surface area (Å²) < 4.78 is 5.27. The van der Waals surface area contributed by atoms with Crippen molar-refractivity contribution >= 4 is 23.3 Å². The molecule has 2 aliphatic heterocycles. The molecule has 0 spiro atoms. The minimum atomic E-state index is -0.669. The Bertz CT molecular complexity index is 889. The summed E-state index contributed by atoms with van der Waals surface area (Å²) in [7, 11) is 3.90. The summed E-state index contributed by atoms with van der Waals surface area (Å²) in [5.74, 6) is 5.99. The van der Waals surface area contributed by atoms with Gasteiger partial charge in [-0.1, -0.05) is 17.9 Å². The minimum absolute atomic E-state index is 0.299. The van der Waals surface area contributed by atoms with Gasteiger partial charge in [-0.05, 0) is 47.0 Å². The lowest BCUT2D eigenvalue weighted by molar-refractivity contribution is 0.0328. The second-order valence-corrected chi connectivity index (χ2v) is 7.87. The smallest absolute Gasteiger partial charge is 0.428 e. The summed E-state index contributed by atoms with van der Waals surface area (Å²) in [5, 5.41) is 4.56. The average Bonchev–Trinajstić information content (AvgIpc) is 2.82. The molecule has 28 heavy (non-hydrogen) atoms. The molecule has 1 unspecified atom stereocenters. The van der Waals surface area contributed by atoms with Crippen LogP contribution in [-0.2, 0) is 4.74 Å². The van der Waals surface area contributed by atoms with Crippen molar-refractivity contribution in [3.05, 3.63) is 35.5 Å². The summed E-state index contributed by atoms with van der Waals surface area (Å²) in [6.45, 7) is 5.92. The predicted molar refractivity (Wildman–Crippen MR) is 107 cm³/mol. The average molecular weight is 383 g/mol. The largest absolute Gasteiger partial charge is 0.443 e. The van der Waals surface area contributed by atoms with Gasteiger partial charge in [0.25, 0.3) is 5.91 Å². The first-order valence-corrected chi connectivity index (χ1v) is 8.98. The maximum atomic E-state index is 12.7. The van der Waals surface area contributed by atoms with Crippen molar-refractivity contribution < 1.29 is 14.3 Å². The molecule has 8 nitrogen and oxygen atoms in total. The molecule has 3 N–H and O–H groups in total. The van der Waals surface area contributed by atoms with Gasteiger partial charge in [0.1, 0.15) is 11.6 Å². The van der Waals surface area contributed by atoms with Gasteiger partial charge >= 0.3 is 6.09 Å². The van der Waals surface area contributed by atoms with Crippen LogP contribution in [0.2, 0.25) is 0 Å². The van der Waals surface area contributed by atoms with Crippen LogP contribution in [0.1, 0.15) is 36.7 Å². The molecule has 148 valence electrons. The lowest BCUT2D eigenvalue weighted by atomic mass is 9.98. The highest BCUT2D eigenvalue weighted by molar-refractivity contribution is 6.05. The lowest BCUT2D eigenvalue weighted by Crippen LogP contribution is -2.50. The number of anilines is 1. The standard InChI is InChI=1S/C20H25N5O3/c1-20(2,3)28-19(27)23-25-12-14-15(10-7-11-24(4)5)21-16-9-6-8-13(17(14)16)18(26)22-25/h6,8-9,12,15,21H,11H2,1-5H3,(H,22,26)(H,23,27). The number of nitrogens with zero attached hydrogens (tertiary/aromatic N) is 2. The van der Waals surface area contributed by atoms with Gasteiger partial charge in [-0.3, -0.25) is 9.69 Å². The molecule has 0 saturated heterocycles. The van der Waals surface area contributed by atoms with Crippen molar-refractivity contribution in [2.75, 3.05) is 26.0 Å². The predicted octanol–water partition coefficient (Wildman–Crippen LogP) is 1.79. The molecule has 1 aromatic rings. The van der Waals surface area contributed by atoms with Gasteiger partial charge in [-0.25, -0.2) is 15.6 Å². The first-order chi connectivity index (χ1) is 13.1. The van der Waals surface area contributed by atoms with E-state index in [2.05, 4.69) is 28.0 Å². The molecule has 1 atom stereocenters. The first kappa shape index (κ1) is 19.6. The number of rotatable bonds is 2. The number of ether oxygens (including phenoxy) is 1. The molecule has 2 heterocycles. The molecule has 2 aliphatic rings. The lowest BCUT2D eigenvalue weighted by Gasteiger charge is -2.25. The van der Waals surface area contributed by atoms with Crippen LogP contribution >= 0.6 is 0 Å². The van der Waals surface area contributed by atoms with Crippen LogP contribution in [0.15, 0.2) is 24.4 Å². The Morgan fingerprint density at radius 3 is 2.79 bits per heavy atom.